The molecule has 3 aromatic rings. The van der Waals surface area contributed by atoms with Gasteiger partial charge >= 0.3 is 0 Å². The molecule has 2 aliphatic rings. The zero-order valence-corrected chi connectivity index (χ0v) is 19.2. The molecule has 1 amide bonds. The van der Waals surface area contributed by atoms with Crippen LogP contribution in [-0.4, -0.2) is 62.4 Å². The second-order valence-corrected chi connectivity index (χ2v) is 9.26. The number of nitrogens with zero attached hydrogens (tertiary/aromatic N) is 6. The van der Waals surface area contributed by atoms with Crippen LogP contribution >= 0.6 is 11.8 Å². The minimum Gasteiger partial charge on any atom is -0.368 e. The number of rotatable bonds is 7. The third-order valence-corrected chi connectivity index (χ3v) is 7.00. The maximum absolute atomic E-state index is 14.3. The van der Waals surface area contributed by atoms with E-state index in [0.29, 0.717) is 42.7 Å². The van der Waals surface area contributed by atoms with Crippen LogP contribution in [0, 0.1) is 15.9 Å². The summed E-state index contributed by atoms with van der Waals surface area (Å²) in [4.78, 5) is 27.2. The van der Waals surface area contributed by atoms with Crippen molar-refractivity contribution in [2.75, 3.05) is 36.8 Å². The summed E-state index contributed by atoms with van der Waals surface area (Å²) < 4.78 is 16.3. The van der Waals surface area contributed by atoms with Crippen LogP contribution in [-0.2, 0) is 4.79 Å². The topological polar surface area (TPSA) is 97.4 Å². The summed E-state index contributed by atoms with van der Waals surface area (Å²) in [5.74, 6) is 0.424. The van der Waals surface area contributed by atoms with Gasteiger partial charge in [0, 0.05) is 50.0 Å². The fraction of sp³-hybridized carbons (Fsp3) is 0.348. The lowest BCUT2D eigenvalue weighted by Crippen LogP contribution is -2.49. The molecule has 0 atom stereocenters. The van der Waals surface area contributed by atoms with Crippen LogP contribution in [0.4, 0.5) is 15.8 Å². The predicted octanol–water partition coefficient (Wildman–Crippen LogP) is 3.77. The molecule has 2 heterocycles. The van der Waals surface area contributed by atoms with Crippen molar-refractivity contribution in [1.29, 1.82) is 0 Å². The fourth-order valence-corrected chi connectivity index (χ4v) is 4.99. The molecule has 34 heavy (non-hydrogen) atoms. The molecule has 176 valence electrons. The Balaban J connectivity index is 1.20. The number of non-ortho nitro benzene ring substituents is 1. The maximum Gasteiger partial charge on any atom is 0.269 e. The van der Waals surface area contributed by atoms with E-state index in [0.717, 1.165) is 18.5 Å². The SMILES string of the molecule is O=C(CSc1nnc(-c2ccccc2F)n1C1CC1)N1CCN(c2ccc([N+](=O)[O-])cc2)CC1. The summed E-state index contributed by atoms with van der Waals surface area (Å²) in [6.45, 7) is 2.46. The normalized spacial score (nSPS) is 16.0. The number of thioether (sulfide) groups is 1. The van der Waals surface area contributed by atoms with Crippen molar-refractivity contribution in [2.24, 2.45) is 0 Å². The van der Waals surface area contributed by atoms with Crippen LogP contribution in [0.15, 0.2) is 53.7 Å². The summed E-state index contributed by atoms with van der Waals surface area (Å²) in [6.07, 6.45) is 1.98. The molecule has 2 fully saturated rings. The lowest BCUT2D eigenvalue weighted by Gasteiger charge is -2.36. The number of halogens is 1. The highest BCUT2D eigenvalue weighted by Crippen LogP contribution is 2.41. The van der Waals surface area contributed by atoms with E-state index in [4.69, 9.17) is 0 Å². The lowest BCUT2D eigenvalue weighted by atomic mass is 10.2. The van der Waals surface area contributed by atoms with Gasteiger partial charge in [0.25, 0.3) is 5.69 Å². The second-order valence-electron chi connectivity index (χ2n) is 8.32. The smallest absolute Gasteiger partial charge is 0.269 e. The quantitative estimate of drug-likeness (QED) is 0.287. The maximum atomic E-state index is 14.3. The van der Waals surface area contributed by atoms with Gasteiger partial charge in [-0.25, -0.2) is 4.39 Å². The first kappa shape index (κ1) is 22.3. The average molecular weight is 483 g/mol. The van der Waals surface area contributed by atoms with Crippen LogP contribution in [0.3, 0.4) is 0 Å². The minimum absolute atomic E-state index is 0.0196. The molecule has 1 saturated carbocycles. The highest BCUT2D eigenvalue weighted by atomic mass is 32.2. The van der Waals surface area contributed by atoms with Crippen LogP contribution in [0.25, 0.3) is 11.4 Å². The molecular formula is C23H23FN6O3S. The summed E-state index contributed by atoms with van der Waals surface area (Å²) in [5.41, 5.74) is 1.39. The number of benzene rings is 2. The molecule has 5 rings (SSSR count). The zero-order chi connectivity index (χ0) is 23.7. The van der Waals surface area contributed by atoms with E-state index in [1.165, 1.54) is 30.0 Å². The first-order valence-electron chi connectivity index (χ1n) is 11.1. The molecule has 1 aliphatic carbocycles. The molecule has 1 aliphatic heterocycles. The van der Waals surface area contributed by atoms with Gasteiger partial charge < -0.3 is 9.80 Å². The Labute approximate surface area is 199 Å². The van der Waals surface area contributed by atoms with Crippen molar-refractivity contribution in [2.45, 2.75) is 24.0 Å². The molecule has 0 bridgehead atoms. The Hall–Kier alpha value is -3.47. The van der Waals surface area contributed by atoms with Gasteiger partial charge in [0.15, 0.2) is 11.0 Å². The van der Waals surface area contributed by atoms with Gasteiger partial charge in [-0.15, -0.1) is 10.2 Å². The average Bonchev–Trinajstić information content (AvgIpc) is 3.62. The number of anilines is 1. The molecule has 1 aromatic heterocycles. The number of hydrogen-bond acceptors (Lipinski definition) is 7. The van der Waals surface area contributed by atoms with Gasteiger partial charge in [0.1, 0.15) is 5.82 Å². The highest BCUT2D eigenvalue weighted by Gasteiger charge is 2.31. The third-order valence-electron chi connectivity index (χ3n) is 6.07. The van der Waals surface area contributed by atoms with E-state index in [1.54, 1.807) is 30.3 Å². The summed E-state index contributed by atoms with van der Waals surface area (Å²) >= 11 is 1.34. The molecule has 0 unspecified atom stereocenters. The first-order chi connectivity index (χ1) is 16.5. The molecule has 0 radical (unpaired) electrons. The minimum atomic E-state index is -0.415. The van der Waals surface area contributed by atoms with Gasteiger partial charge in [0.05, 0.1) is 16.2 Å². The van der Waals surface area contributed by atoms with Crippen molar-refractivity contribution >= 4 is 29.0 Å². The Morgan fingerprint density at radius 1 is 1.06 bits per heavy atom. The van der Waals surface area contributed by atoms with Crippen molar-refractivity contribution in [1.82, 2.24) is 19.7 Å². The molecule has 0 N–H and O–H groups in total. The van der Waals surface area contributed by atoms with E-state index in [1.807, 2.05) is 9.47 Å². The second kappa shape index (κ2) is 9.41. The Morgan fingerprint density at radius 3 is 2.41 bits per heavy atom. The number of hydrogen-bond donors (Lipinski definition) is 0. The number of nitro benzene ring substituents is 1. The van der Waals surface area contributed by atoms with Gasteiger partial charge in [-0.1, -0.05) is 23.9 Å². The Bertz CT molecular complexity index is 1210. The van der Waals surface area contributed by atoms with Crippen molar-refractivity contribution < 1.29 is 14.1 Å². The molecule has 1 saturated heterocycles. The number of carbonyl (C=O) groups excluding carboxylic acids is 1. The molecule has 2 aromatic carbocycles. The number of carbonyl (C=O) groups is 1. The lowest BCUT2D eigenvalue weighted by molar-refractivity contribution is -0.384. The standard InChI is InChI=1S/C23H23FN6O3S/c24-20-4-2-1-3-19(20)22-25-26-23(29(22)17-7-8-17)34-15-21(31)28-13-11-27(12-14-28)16-5-9-18(10-6-16)30(32)33/h1-6,9-10,17H,7-8,11-15H2. The number of amides is 1. The summed E-state index contributed by atoms with van der Waals surface area (Å²) in [5, 5.41) is 20.0. The van der Waals surface area contributed by atoms with E-state index in [9.17, 15) is 19.3 Å². The van der Waals surface area contributed by atoms with Gasteiger partial charge in [0.2, 0.25) is 5.91 Å². The van der Waals surface area contributed by atoms with Crippen LogP contribution in [0.5, 0.6) is 0 Å². The van der Waals surface area contributed by atoms with E-state index in [2.05, 4.69) is 15.1 Å². The molecular weight excluding hydrogens is 459 g/mol. The predicted molar refractivity (Wildman–Crippen MR) is 126 cm³/mol. The Kier molecular flexibility index (Phi) is 6.18. The largest absolute Gasteiger partial charge is 0.368 e. The van der Waals surface area contributed by atoms with E-state index >= 15 is 0 Å². The van der Waals surface area contributed by atoms with Gasteiger partial charge in [-0.2, -0.15) is 0 Å². The van der Waals surface area contributed by atoms with Crippen molar-refractivity contribution in [3.8, 4) is 11.4 Å². The number of aromatic nitrogens is 3. The zero-order valence-electron chi connectivity index (χ0n) is 18.3. The number of piperazine rings is 1. The van der Waals surface area contributed by atoms with Crippen molar-refractivity contribution in [3.63, 3.8) is 0 Å². The summed E-state index contributed by atoms with van der Waals surface area (Å²) in [7, 11) is 0. The fourth-order valence-electron chi connectivity index (χ4n) is 4.08. The van der Waals surface area contributed by atoms with Crippen LogP contribution in [0.1, 0.15) is 18.9 Å². The first-order valence-corrected chi connectivity index (χ1v) is 12.1. The van der Waals surface area contributed by atoms with Gasteiger partial charge in [-0.3, -0.25) is 19.5 Å². The van der Waals surface area contributed by atoms with E-state index in [-0.39, 0.29) is 29.2 Å². The third kappa shape index (κ3) is 4.60. The monoisotopic (exact) mass is 482 g/mol. The molecule has 11 heteroatoms. The summed E-state index contributed by atoms with van der Waals surface area (Å²) in [6, 6.07) is 13.2. The van der Waals surface area contributed by atoms with E-state index < -0.39 is 4.92 Å². The Morgan fingerprint density at radius 2 is 1.76 bits per heavy atom. The molecule has 0 spiro atoms. The van der Waals surface area contributed by atoms with Crippen LogP contribution < -0.4 is 4.90 Å². The van der Waals surface area contributed by atoms with Gasteiger partial charge in [-0.05, 0) is 37.1 Å². The number of nitro groups is 1. The highest BCUT2D eigenvalue weighted by molar-refractivity contribution is 7.99. The molecule has 9 nitrogen and oxygen atoms in total. The van der Waals surface area contributed by atoms with Crippen molar-refractivity contribution in [3.05, 3.63) is 64.5 Å². The van der Waals surface area contributed by atoms with Crippen LogP contribution in [0.2, 0.25) is 0 Å².